The molecule has 1 aliphatic carbocycles. The highest BCUT2D eigenvalue weighted by molar-refractivity contribution is 7.99. The molecule has 3 aromatic rings. The van der Waals surface area contributed by atoms with Crippen molar-refractivity contribution < 1.29 is 9.59 Å². The highest BCUT2D eigenvalue weighted by Gasteiger charge is 2.25. The molecule has 7 nitrogen and oxygen atoms in total. The van der Waals surface area contributed by atoms with Gasteiger partial charge in [-0.1, -0.05) is 35.5 Å². The smallest absolute Gasteiger partial charge is 0.251 e. The Morgan fingerprint density at radius 2 is 2.03 bits per heavy atom. The number of carbonyl (C=O) groups excluding carboxylic acids is 2. The van der Waals surface area contributed by atoms with Crippen LogP contribution in [-0.4, -0.2) is 32.3 Å². The van der Waals surface area contributed by atoms with Crippen molar-refractivity contribution in [1.29, 1.82) is 0 Å². The van der Waals surface area contributed by atoms with E-state index < -0.39 is 5.91 Å². The second kappa shape index (κ2) is 9.42. The normalized spacial score (nSPS) is 13.1. The van der Waals surface area contributed by atoms with Gasteiger partial charge in [0.05, 0.1) is 16.3 Å². The number of fused-ring (bicyclic) bond motifs is 1. The zero-order valence-electron chi connectivity index (χ0n) is 17.0. The molecule has 0 fully saturated rings. The number of thioether (sulfide) groups is 1. The Hall–Kier alpha value is -2.36. The Morgan fingerprint density at radius 1 is 1.26 bits per heavy atom. The van der Waals surface area contributed by atoms with Crippen LogP contribution in [0, 0.1) is 0 Å². The van der Waals surface area contributed by atoms with Crippen molar-refractivity contribution in [3.63, 3.8) is 0 Å². The van der Waals surface area contributed by atoms with Crippen LogP contribution in [0.1, 0.15) is 40.6 Å². The molecule has 0 bridgehead atoms. The first-order valence-electron chi connectivity index (χ1n) is 10.0. The molecule has 0 saturated carbocycles. The summed E-state index contributed by atoms with van der Waals surface area (Å²) in [6, 6.07) is 7.46. The van der Waals surface area contributed by atoms with Crippen LogP contribution in [0.4, 0.5) is 5.00 Å². The second-order valence-electron chi connectivity index (χ2n) is 7.15. The minimum atomic E-state index is -0.488. The van der Waals surface area contributed by atoms with E-state index in [4.69, 9.17) is 17.3 Å². The fourth-order valence-electron chi connectivity index (χ4n) is 3.73. The number of hydrogen-bond donors (Lipinski definition) is 2. The third kappa shape index (κ3) is 4.49. The van der Waals surface area contributed by atoms with E-state index in [9.17, 15) is 9.59 Å². The highest BCUT2D eigenvalue weighted by atomic mass is 35.5. The molecule has 162 valence electrons. The molecule has 3 N–H and O–H groups in total. The van der Waals surface area contributed by atoms with Gasteiger partial charge in [0.2, 0.25) is 5.91 Å². The largest absolute Gasteiger partial charge is 0.365 e. The van der Waals surface area contributed by atoms with Gasteiger partial charge in [-0.2, -0.15) is 0 Å². The number of halogens is 1. The highest BCUT2D eigenvalue weighted by Crippen LogP contribution is 2.38. The molecule has 1 aromatic carbocycles. The Morgan fingerprint density at radius 3 is 2.77 bits per heavy atom. The lowest BCUT2D eigenvalue weighted by molar-refractivity contribution is -0.113. The van der Waals surface area contributed by atoms with Crippen molar-refractivity contribution in [2.75, 3.05) is 11.1 Å². The molecule has 0 radical (unpaired) electrons. The van der Waals surface area contributed by atoms with Gasteiger partial charge in [0.15, 0.2) is 11.0 Å². The van der Waals surface area contributed by atoms with Gasteiger partial charge >= 0.3 is 0 Å². The number of thiophene rings is 1. The number of aromatic nitrogens is 3. The number of amides is 2. The molecular formula is C21H22ClN5O2S2. The van der Waals surface area contributed by atoms with Crippen molar-refractivity contribution >= 4 is 51.5 Å². The first-order valence-corrected chi connectivity index (χ1v) is 12.2. The summed E-state index contributed by atoms with van der Waals surface area (Å²) in [5.41, 5.74) is 7.88. The van der Waals surface area contributed by atoms with Crippen molar-refractivity contribution in [2.45, 2.75) is 44.3 Å². The van der Waals surface area contributed by atoms with Crippen LogP contribution in [0.2, 0.25) is 5.02 Å². The number of rotatable bonds is 7. The van der Waals surface area contributed by atoms with Crippen LogP contribution in [0.5, 0.6) is 0 Å². The predicted octanol–water partition coefficient (Wildman–Crippen LogP) is 4.39. The van der Waals surface area contributed by atoms with Crippen molar-refractivity contribution in [3.05, 3.63) is 45.3 Å². The van der Waals surface area contributed by atoms with Crippen LogP contribution in [0.3, 0.4) is 0 Å². The van der Waals surface area contributed by atoms with Crippen LogP contribution in [0.15, 0.2) is 29.4 Å². The molecule has 0 unspecified atom stereocenters. The number of nitrogens with zero attached hydrogens (tertiary/aromatic N) is 3. The van der Waals surface area contributed by atoms with E-state index in [0.717, 1.165) is 41.7 Å². The van der Waals surface area contributed by atoms with Crippen molar-refractivity contribution in [3.8, 4) is 11.4 Å². The van der Waals surface area contributed by atoms with E-state index in [0.29, 0.717) is 33.1 Å². The van der Waals surface area contributed by atoms with E-state index >= 15 is 0 Å². The first-order chi connectivity index (χ1) is 15.0. The lowest BCUT2D eigenvalue weighted by Crippen LogP contribution is -2.19. The summed E-state index contributed by atoms with van der Waals surface area (Å²) in [5.74, 6) is 0.105. The molecule has 2 amide bonds. The number of primary amides is 1. The molecule has 31 heavy (non-hydrogen) atoms. The number of hydrogen-bond acceptors (Lipinski definition) is 6. The van der Waals surface area contributed by atoms with Crippen LogP contribution in [0.25, 0.3) is 11.4 Å². The van der Waals surface area contributed by atoms with Crippen LogP contribution < -0.4 is 11.1 Å². The number of benzene rings is 1. The topological polar surface area (TPSA) is 103 Å². The molecule has 2 aromatic heterocycles. The fourth-order valence-corrected chi connectivity index (χ4v) is 6.06. The third-order valence-corrected chi connectivity index (χ3v) is 7.65. The van der Waals surface area contributed by atoms with E-state index in [1.165, 1.54) is 23.1 Å². The number of nitrogens with one attached hydrogen (secondary N) is 1. The Bertz CT molecular complexity index is 1140. The van der Waals surface area contributed by atoms with E-state index in [2.05, 4.69) is 15.5 Å². The standard InChI is InChI=1S/C21H22ClN5O2S2/c1-2-27-19(12-7-3-5-9-14(12)22)25-26-21(27)30-11-16(28)24-20-17(18(23)29)13-8-4-6-10-15(13)31-20/h3,5,7,9H,2,4,6,8,10-11H2,1H3,(H2,23,29)(H,24,28). The maximum absolute atomic E-state index is 12.6. The van der Waals surface area contributed by atoms with Crippen LogP contribution >= 0.6 is 34.7 Å². The summed E-state index contributed by atoms with van der Waals surface area (Å²) in [6.45, 7) is 2.63. The average Bonchev–Trinajstić information content (AvgIpc) is 3.33. The molecule has 0 spiro atoms. The van der Waals surface area contributed by atoms with Gasteiger partial charge in [-0.05, 0) is 50.3 Å². The fraction of sp³-hybridized carbons (Fsp3) is 0.333. The number of anilines is 1. The zero-order chi connectivity index (χ0) is 22.0. The number of aryl methyl sites for hydroxylation is 1. The predicted molar refractivity (Wildman–Crippen MR) is 125 cm³/mol. The van der Waals surface area contributed by atoms with Gasteiger partial charge in [0, 0.05) is 17.0 Å². The Kier molecular flexibility index (Phi) is 6.64. The first kappa shape index (κ1) is 21.9. The average molecular weight is 476 g/mol. The minimum Gasteiger partial charge on any atom is -0.365 e. The third-order valence-electron chi connectivity index (χ3n) is 5.15. The minimum absolute atomic E-state index is 0.140. The molecule has 0 saturated heterocycles. The quantitative estimate of drug-likeness (QED) is 0.493. The molecular weight excluding hydrogens is 454 g/mol. The molecule has 0 atom stereocenters. The molecule has 2 heterocycles. The SMILES string of the molecule is CCn1c(SCC(=O)Nc2sc3c(c2C(N)=O)CCCC3)nnc1-c1ccccc1Cl. The van der Waals surface area contributed by atoms with E-state index in [-0.39, 0.29) is 11.7 Å². The van der Waals surface area contributed by atoms with Gasteiger partial charge in [-0.3, -0.25) is 9.59 Å². The van der Waals surface area contributed by atoms with E-state index in [1.807, 2.05) is 35.8 Å². The van der Waals surface area contributed by atoms with Crippen molar-refractivity contribution in [1.82, 2.24) is 14.8 Å². The molecule has 4 rings (SSSR count). The lowest BCUT2D eigenvalue weighted by atomic mass is 9.95. The van der Waals surface area contributed by atoms with Gasteiger partial charge in [0.1, 0.15) is 5.00 Å². The maximum atomic E-state index is 12.6. The monoisotopic (exact) mass is 475 g/mol. The molecule has 1 aliphatic rings. The second-order valence-corrected chi connectivity index (χ2v) is 9.60. The summed E-state index contributed by atoms with van der Waals surface area (Å²) in [6.07, 6.45) is 3.89. The molecule has 0 aliphatic heterocycles. The van der Waals surface area contributed by atoms with Gasteiger partial charge in [-0.15, -0.1) is 21.5 Å². The zero-order valence-corrected chi connectivity index (χ0v) is 19.4. The summed E-state index contributed by atoms with van der Waals surface area (Å²) in [7, 11) is 0. The molecule has 10 heteroatoms. The summed E-state index contributed by atoms with van der Waals surface area (Å²) in [5, 5.41) is 13.2. The lowest BCUT2D eigenvalue weighted by Gasteiger charge is -2.11. The van der Waals surface area contributed by atoms with Crippen molar-refractivity contribution in [2.24, 2.45) is 5.73 Å². The Balaban J connectivity index is 1.49. The van der Waals surface area contributed by atoms with Gasteiger partial charge < -0.3 is 15.6 Å². The summed E-state index contributed by atoms with van der Waals surface area (Å²) < 4.78 is 1.93. The van der Waals surface area contributed by atoms with Crippen LogP contribution in [-0.2, 0) is 24.2 Å². The number of nitrogens with two attached hydrogens (primary N) is 1. The Labute approximate surface area is 193 Å². The number of carbonyl (C=O) groups is 2. The summed E-state index contributed by atoms with van der Waals surface area (Å²) in [4.78, 5) is 25.8. The van der Waals surface area contributed by atoms with Gasteiger partial charge in [-0.25, -0.2) is 0 Å². The summed E-state index contributed by atoms with van der Waals surface area (Å²) >= 11 is 9.06. The van der Waals surface area contributed by atoms with E-state index in [1.54, 1.807) is 0 Å². The maximum Gasteiger partial charge on any atom is 0.251 e. The van der Waals surface area contributed by atoms with Gasteiger partial charge in [0.25, 0.3) is 5.91 Å².